The van der Waals surface area contributed by atoms with E-state index in [1.165, 1.54) is 17.8 Å². The fraction of sp³-hybridized carbons (Fsp3) is 0.455. The number of nitrogens with zero attached hydrogens (tertiary/aromatic N) is 3. The fourth-order valence-electron chi connectivity index (χ4n) is 4.90. The summed E-state index contributed by atoms with van der Waals surface area (Å²) in [4.78, 5) is 20.9. The second-order valence-corrected chi connectivity index (χ2v) is 8.28. The molecule has 1 aromatic heterocycles. The number of benzene rings is 1. The Hall–Kier alpha value is -2.27. The van der Waals surface area contributed by atoms with Crippen molar-refractivity contribution < 1.29 is 9.18 Å². The molecule has 1 saturated heterocycles. The number of aromatic nitrogens is 1. The summed E-state index contributed by atoms with van der Waals surface area (Å²) in [6, 6.07) is 13.7. The molecule has 0 atom stereocenters. The highest BCUT2D eigenvalue weighted by molar-refractivity contribution is 5.95. The van der Waals surface area contributed by atoms with Gasteiger partial charge in [0.2, 0.25) is 5.91 Å². The molecule has 0 bridgehead atoms. The van der Waals surface area contributed by atoms with E-state index in [1.807, 2.05) is 0 Å². The minimum atomic E-state index is -0.378. The SMILES string of the molecule is CN(C)[C@]1(c2ccccc2)CC[C@]2(CC1)CC(=O)N(c1ccc(F)cn1)C2. The van der Waals surface area contributed by atoms with E-state index in [1.54, 1.807) is 11.0 Å². The molecule has 0 unspecified atom stereocenters. The predicted molar refractivity (Wildman–Crippen MR) is 104 cm³/mol. The number of hydrogen-bond acceptors (Lipinski definition) is 3. The van der Waals surface area contributed by atoms with Crippen LogP contribution < -0.4 is 4.90 Å². The first-order valence-corrected chi connectivity index (χ1v) is 9.59. The summed E-state index contributed by atoms with van der Waals surface area (Å²) in [5.41, 5.74) is 1.38. The van der Waals surface area contributed by atoms with Gasteiger partial charge in [-0.05, 0) is 62.9 Å². The number of hydrogen-bond donors (Lipinski definition) is 0. The zero-order valence-corrected chi connectivity index (χ0v) is 16.0. The third kappa shape index (κ3) is 3.14. The average Bonchev–Trinajstić information content (AvgIpc) is 3.00. The normalized spacial score (nSPS) is 28.3. The van der Waals surface area contributed by atoms with Crippen LogP contribution in [0.3, 0.4) is 0 Å². The van der Waals surface area contributed by atoms with E-state index in [4.69, 9.17) is 0 Å². The van der Waals surface area contributed by atoms with Gasteiger partial charge in [-0.15, -0.1) is 0 Å². The lowest BCUT2D eigenvalue weighted by atomic mass is 9.64. The number of carbonyl (C=O) groups is 1. The lowest BCUT2D eigenvalue weighted by molar-refractivity contribution is -0.118. The number of pyridine rings is 1. The van der Waals surface area contributed by atoms with Crippen LogP contribution in [-0.4, -0.2) is 36.4 Å². The zero-order valence-electron chi connectivity index (χ0n) is 16.0. The van der Waals surface area contributed by atoms with E-state index in [-0.39, 0.29) is 22.7 Å². The van der Waals surface area contributed by atoms with Crippen LogP contribution in [-0.2, 0) is 10.3 Å². The molecule has 0 N–H and O–H groups in total. The molecule has 2 fully saturated rings. The van der Waals surface area contributed by atoms with Gasteiger partial charge in [0.1, 0.15) is 11.6 Å². The molecular formula is C22H26FN3O. The first-order valence-electron chi connectivity index (χ1n) is 9.59. The Kier molecular flexibility index (Phi) is 4.50. The summed E-state index contributed by atoms with van der Waals surface area (Å²) in [7, 11) is 4.30. The molecule has 2 heterocycles. The van der Waals surface area contributed by atoms with Crippen molar-refractivity contribution in [3.05, 3.63) is 60.0 Å². The number of rotatable bonds is 3. The van der Waals surface area contributed by atoms with Gasteiger partial charge in [-0.3, -0.25) is 14.6 Å². The Labute approximate surface area is 160 Å². The maximum atomic E-state index is 13.2. The van der Waals surface area contributed by atoms with Crippen molar-refractivity contribution in [1.29, 1.82) is 0 Å². The third-order valence-corrected chi connectivity index (χ3v) is 6.61. The molecule has 4 rings (SSSR count). The molecular weight excluding hydrogens is 341 g/mol. The molecule has 142 valence electrons. The molecule has 0 radical (unpaired) electrons. The second kappa shape index (κ2) is 6.71. The van der Waals surface area contributed by atoms with Crippen LogP contribution in [0.5, 0.6) is 0 Å². The quantitative estimate of drug-likeness (QED) is 0.823. The Morgan fingerprint density at radius 2 is 1.74 bits per heavy atom. The summed E-state index contributed by atoms with van der Waals surface area (Å²) in [6.07, 6.45) is 5.81. The first kappa shape index (κ1) is 18.1. The Morgan fingerprint density at radius 1 is 1.04 bits per heavy atom. The lowest BCUT2D eigenvalue weighted by Gasteiger charge is -2.48. The monoisotopic (exact) mass is 367 g/mol. The average molecular weight is 367 g/mol. The number of amides is 1. The highest BCUT2D eigenvalue weighted by atomic mass is 19.1. The van der Waals surface area contributed by atoms with E-state index in [0.29, 0.717) is 18.8 Å². The molecule has 1 saturated carbocycles. The summed E-state index contributed by atoms with van der Waals surface area (Å²) in [5, 5.41) is 0. The van der Waals surface area contributed by atoms with Crippen molar-refractivity contribution in [2.45, 2.75) is 37.6 Å². The maximum Gasteiger partial charge on any atom is 0.228 e. The largest absolute Gasteiger partial charge is 0.300 e. The van der Waals surface area contributed by atoms with E-state index < -0.39 is 0 Å². The minimum absolute atomic E-state index is 0.00143. The fourth-order valence-corrected chi connectivity index (χ4v) is 4.90. The molecule has 2 aromatic rings. The van der Waals surface area contributed by atoms with E-state index in [9.17, 15) is 9.18 Å². The Balaban J connectivity index is 1.54. The summed E-state index contributed by atoms with van der Waals surface area (Å²) >= 11 is 0. The summed E-state index contributed by atoms with van der Waals surface area (Å²) < 4.78 is 13.2. The number of halogens is 1. The lowest BCUT2D eigenvalue weighted by Crippen LogP contribution is -2.47. The van der Waals surface area contributed by atoms with Gasteiger partial charge >= 0.3 is 0 Å². The first-order chi connectivity index (χ1) is 12.9. The van der Waals surface area contributed by atoms with E-state index >= 15 is 0 Å². The number of carbonyl (C=O) groups excluding carboxylic acids is 1. The maximum absolute atomic E-state index is 13.2. The summed E-state index contributed by atoms with van der Waals surface area (Å²) in [5.74, 6) is 0.286. The van der Waals surface area contributed by atoms with E-state index in [0.717, 1.165) is 25.7 Å². The van der Waals surface area contributed by atoms with Crippen LogP contribution in [0.4, 0.5) is 10.2 Å². The number of anilines is 1. The zero-order chi connectivity index (χ0) is 19.1. The van der Waals surface area contributed by atoms with Crippen molar-refractivity contribution in [2.75, 3.05) is 25.5 Å². The van der Waals surface area contributed by atoms with Crippen LogP contribution in [0, 0.1) is 11.2 Å². The van der Waals surface area contributed by atoms with Crippen molar-refractivity contribution in [2.24, 2.45) is 5.41 Å². The molecule has 5 heteroatoms. The second-order valence-electron chi connectivity index (χ2n) is 8.28. The molecule has 1 aliphatic heterocycles. The van der Waals surface area contributed by atoms with E-state index in [2.05, 4.69) is 54.3 Å². The van der Waals surface area contributed by atoms with Gasteiger partial charge in [0.25, 0.3) is 0 Å². The predicted octanol–water partition coefficient (Wildman–Crippen LogP) is 3.97. The molecule has 27 heavy (non-hydrogen) atoms. The highest BCUT2D eigenvalue weighted by Gasteiger charge is 2.50. The van der Waals surface area contributed by atoms with Gasteiger partial charge in [-0.25, -0.2) is 9.37 Å². The van der Waals surface area contributed by atoms with Gasteiger partial charge in [0, 0.05) is 18.5 Å². The van der Waals surface area contributed by atoms with Crippen molar-refractivity contribution >= 4 is 11.7 Å². The molecule has 1 amide bonds. The summed E-state index contributed by atoms with van der Waals surface area (Å²) in [6.45, 7) is 0.683. The smallest absolute Gasteiger partial charge is 0.228 e. The van der Waals surface area contributed by atoms with Gasteiger partial charge < -0.3 is 0 Å². The van der Waals surface area contributed by atoms with Crippen molar-refractivity contribution in [1.82, 2.24) is 9.88 Å². The minimum Gasteiger partial charge on any atom is -0.300 e. The van der Waals surface area contributed by atoms with Gasteiger partial charge in [0.15, 0.2) is 0 Å². The van der Waals surface area contributed by atoms with Crippen LogP contribution in [0.15, 0.2) is 48.7 Å². The molecule has 1 aliphatic carbocycles. The van der Waals surface area contributed by atoms with Crippen LogP contribution >= 0.6 is 0 Å². The van der Waals surface area contributed by atoms with Gasteiger partial charge in [-0.2, -0.15) is 0 Å². The van der Waals surface area contributed by atoms with Gasteiger partial charge in [0.05, 0.1) is 6.20 Å². The molecule has 1 spiro atoms. The van der Waals surface area contributed by atoms with Crippen LogP contribution in [0.1, 0.15) is 37.7 Å². The third-order valence-electron chi connectivity index (χ3n) is 6.61. The molecule has 2 aliphatic rings. The Morgan fingerprint density at radius 3 is 2.33 bits per heavy atom. The van der Waals surface area contributed by atoms with Crippen molar-refractivity contribution in [3.8, 4) is 0 Å². The standard InChI is InChI=1S/C22H26FN3O/c1-25(2)22(17-6-4-3-5-7-17)12-10-21(11-13-22)14-20(27)26(16-21)19-9-8-18(23)15-24-19/h3-9,15H,10-14,16H2,1-2H3/t21-,22+. The van der Waals surface area contributed by atoms with Gasteiger partial charge in [-0.1, -0.05) is 30.3 Å². The van der Waals surface area contributed by atoms with Crippen molar-refractivity contribution in [3.63, 3.8) is 0 Å². The highest BCUT2D eigenvalue weighted by Crippen LogP contribution is 2.52. The van der Waals surface area contributed by atoms with Crippen LogP contribution in [0.25, 0.3) is 0 Å². The Bertz CT molecular complexity index is 811. The molecule has 4 nitrogen and oxygen atoms in total. The molecule has 1 aromatic carbocycles. The topological polar surface area (TPSA) is 36.4 Å². The van der Waals surface area contributed by atoms with Crippen LogP contribution in [0.2, 0.25) is 0 Å².